The fourth-order valence-corrected chi connectivity index (χ4v) is 2.50. The molecule has 1 amide bonds. The molecule has 0 unspecified atom stereocenters. The Hall–Kier alpha value is -3.74. The summed E-state index contributed by atoms with van der Waals surface area (Å²) < 4.78 is 18.7. The summed E-state index contributed by atoms with van der Waals surface area (Å²) in [5.74, 6) is -1.12. The summed E-state index contributed by atoms with van der Waals surface area (Å²) in [6.45, 7) is 2.02. The van der Waals surface area contributed by atoms with Gasteiger partial charge < -0.3 is 15.4 Å². The normalized spacial score (nSPS) is 10.2. The minimum Gasteiger partial charge on any atom is -0.462 e. The van der Waals surface area contributed by atoms with Crippen molar-refractivity contribution in [3.63, 3.8) is 0 Å². The lowest BCUT2D eigenvalue weighted by Gasteiger charge is -2.11. The molecule has 0 saturated heterocycles. The highest BCUT2D eigenvalue weighted by molar-refractivity contribution is 6.04. The lowest BCUT2D eigenvalue weighted by molar-refractivity contribution is 0.0527. The molecule has 7 heteroatoms. The molecule has 1 aromatic heterocycles. The number of ether oxygens (including phenoxy) is 1. The van der Waals surface area contributed by atoms with E-state index in [-0.39, 0.29) is 12.2 Å². The zero-order chi connectivity index (χ0) is 19.9. The summed E-state index contributed by atoms with van der Waals surface area (Å²) in [5, 5.41) is 5.64. The van der Waals surface area contributed by atoms with Crippen molar-refractivity contribution in [3.8, 4) is 0 Å². The largest absolute Gasteiger partial charge is 0.462 e. The van der Waals surface area contributed by atoms with Crippen molar-refractivity contribution < 1.29 is 18.7 Å². The summed E-state index contributed by atoms with van der Waals surface area (Å²) in [6.07, 6.45) is 1.44. The predicted octanol–water partition coefficient (Wildman–Crippen LogP) is 4.39. The van der Waals surface area contributed by atoms with E-state index in [0.29, 0.717) is 22.8 Å². The fourth-order valence-electron chi connectivity index (χ4n) is 2.50. The summed E-state index contributed by atoms with van der Waals surface area (Å²) in [7, 11) is 0. The Morgan fingerprint density at radius 2 is 1.71 bits per heavy atom. The number of para-hydroxylation sites is 1. The van der Waals surface area contributed by atoms with Crippen LogP contribution in [0.5, 0.6) is 0 Å². The minimum atomic E-state index is -0.596. The third-order valence-corrected chi connectivity index (χ3v) is 3.82. The highest BCUT2D eigenvalue weighted by Gasteiger charge is 2.13. The van der Waals surface area contributed by atoms with Crippen LogP contribution in [0.4, 0.5) is 21.6 Å². The first-order chi connectivity index (χ1) is 13.6. The number of carbonyl (C=O) groups is 2. The van der Waals surface area contributed by atoms with E-state index in [1.54, 1.807) is 49.4 Å². The van der Waals surface area contributed by atoms with Crippen molar-refractivity contribution in [2.24, 2.45) is 0 Å². The minimum absolute atomic E-state index is 0.0481. The summed E-state index contributed by atoms with van der Waals surface area (Å²) in [6, 6.07) is 15.9. The first-order valence-corrected chi connectivity index (χ1v) is 8.63. The Balaban J connectivity index is 1.71. The van der Waals surface area contributed by atoms with Crippen LogP contribution in [0, 0.1) is 5.82 Å². The smallest absolute Gasteiger partial charge is 0.340 e. The molecule has 3 rings (SSSR count). The molecule has 1 heterocycles. The van der Waals surface area contributed by atoms with Gasteiger partial charge in [0.15, 0.2) is 0 Å². The molecule has 0 atom stereocenters. The maximum atomic E-state index is 13.7. The molecule has 2 N–H and O–H groups in total. The Morgan fingerprint density at radius 3 is 2.39 bits per heavy atom. The number of pyridine rings is 1. The summed E-state index contributed by atoms with van der Waals surface area (Å²) in [4.78, 5) is 28.4. The zero-order valence-corrected chi connectivity index (χ0v) is 15.1. The van der Waals surface area contributed by atoms with Crippen LogP contribution >= 0.6 is 0 Å². The third-order valence-electron chi connectivity index (χ3n) is 3.82. The van der Waals surface area contributed by atoms with Gasteiger partial charge >= 0.3 is 5.97 Å². The van der Waals surface area contributed by atoms with Crippen molar-refractivity contribution in [1.29, 1.82) is 0 Å². The fraction of sp³-hybridized carbons (Fsp3) is 0.0952. The van der Waals surface area contributed by atoms with Gasteiger partial charge in [-0.05, 0) is 43.3 Å². The second-order valence-electron chi connectivity index (χ2n) is 5.76. The Labute approximate surface area is 161 Å². The molecular weight excluding hydrogens is 361 g/mol. The van der Waals surface area contributed by atoms with Gasteiger partial charge in [0.2, 0.25) is 0 Å². The number of nitrogens with one attached hydrogen (secondary N) is 2. The number of hydrogen-bond donors (Lipinski definition) is 2. The van der Waals surface area contributed by atoms with Crippen molar-refractivity contribution >= 4 is 29.1 Å². The molecule has 0 aliphatic heterocycles. The maximum Gasteiger partial charge on any atom is 0.340 e. The second-order valence-corrected chi connectivity index (χ2v) is 5.76. The van der Waals surface area contributed by atoms with E-state index < -0.39 is 17.7 Å². The van der Waals surface area contributed by atoms with Crippen LogP contribution in [0.15, 0.2) is 66.9 Å². The van der Waals surface area contributed by atoms with Gasteiger partial charge in [-0.25, -0.2) is 14.2 Å². The van der Waals surface area contributed by atoms with E-state index in [2.05, 4.69) is 15.6 Å². The zero-order valence-electron chi connectivity index (χ0n) is 15.1. The van der Waals surface area contributed by atoms with Crippen LogP contribution in [-0.2, 0) is 4.74 Å². The highest BCUT2D eigenvalue weighted by Crippen LogP contribution is 2.21. The first-order valence-electron chi connectivity index (χ1n) is 8.63. The van der Waals surface area contributed by atoms with Gasteiger partial charge in [0.25, 0.3) is 5.91 Å². The third kappa shape index (κ3) is 4.50. The molecule has 0 radical (unpaired) electrons. The predicted molar refractivity (Wildman–Crippen MR) is 104 cm³/mol. The van der Waals surface area contributed by atoms with Crippen LogP contribution in [0.3, 0.4) is 0 Å². The molecule has 0 saturated carbocycles. The second kappa shape index (κ2) is 8.77. The molecule has 142 valence electrons. The topological polar surface area (TPSA) is 80.3 Å². The number of nitrogens with zero attached hydrogens (tertiary/aromatic N) is 1. The van der Waals surface area contributed by atoms with Gasteiger partial charge in [0.1, 0.15) is 11.6 Å². The molecule has 0 fully saturated rings. The van der Waals surface area contributed by atoms with E-state index in [1.165, 1.54) is 24.4 Å². The van der Waals surface area contributed by atoms with Crippen LogP contribution in [0.25, 0.3) is 0 Å². The molecule has 0 bridgehead atoms. The van der Waals surface area contributed by atoms with Crippen LogP contribution in [-0.4, -0.2) is 23.5 Å². The van der Waals surface area contributed by atoms with Gasteiger partial charge in [0, 0.05) is 0 Å². The number of carbonyl (C=O) groups excluding carboxylic acids is 2. The average Bonchev–Trinajstić information content (AvgIpc) is 2.70. The Morgan fingerprint density at radius 1 is 1.00 bits per heavy atom. The number of anilines is 3. The van der Waals surface area contributed by atoms with Crippen molar-refractivity contribution in [2.75, 3.05) is 17.2 Å². The summed E-state index contributed by atoms with van der Waals surface area (Å²) >= 11 is 0. The molecule has 6 nitrogen and oxygen atoms in total. The molecular formula is C21H18FN3O3. The van der Waals surface area contributed by atoms with Crippen molar-refractivity contribution in [2.45, 2.75) is 6.92 Å². The molecule has 3 aromatic rings. The van der Waals surface area contributed by atoms with Gasteiger partial charge in [-0.15, -0.1) is 0 Å². The van der Waals surface area contributed by atoms with Crippen LogP contribution in [0.1, 0.15) is 27.6 Å². The van der Waals surface area contributed by atoms with Gasteiger partial charge in [-0.3, -0.25) is 4.79 Å². The molecule has 0 spiro atoms. The quantitative estimate of drug-likeness (QED) is 0.621. The number of aromatic nitrogens is 1. The van der Waals surface area contributed by atoms with Crippen LogP contribution < -0.4 is 10.6 Å². The molecule has 0 aliphatic carbocycles. The lowest BCUT2D eigenvalue weighted by Crippen LogP contribution is -2.13. The van der Waals surface area contributed by atoms with Crippen molar-refractivity contribution in [3.05, 3.63) is 83.8 Å². The Kier molecular flexibility index (Phi) is 5.96. The number of halogens is 1. The van der Waals surface area contributed by atoms with Gasteiger partial charge in [-0.1, -0.05) is 24.3 Å². The SMILES string of the molecule is CCOC(=O)c1ccccc1Nc1ccc(NC(=O)c2ccccc2F)cn1. The number of rotatable bonds is 6. The highest BCUT2D eigenvalue weighted by atomic mass is 19.1. The van der Waals surface area contributed by atoms with Gasteiger partial charge in [-0.2, -0.15) is 0 Å². The number of esters is 1. The van der Waals surface area contributed by atoms with Crippen LogP contribution in [0.2, 0.25) is 0 Å². The number of amides is 1. The van der Waals surface area contributed by atoms with E-state index in [1.807, 2.05) is 0 Å². The van der Waals surface area contributed by atoms with Gasteiger partial charge in [0.05, 0.1) is 35.3 Å². The standard InChI is InChI=1S/C21H18FN3O3/c1-2-28-21(27)16-8-4-6-10-18(16)25-19-12-11-14(13-23-19)24-20(26)15-7-3-5-9-17(15)22/h3-13H,2H2,1H3,(H,23,25)(H,24,26). The lowest BCUT2D eigenvalue weighted by atomic mass is 10.2. The first kappa shape index (κ1) is 19.0. The van der Waals surface area contributed by atoms with E-state index in [0.717, 1.165) is 0 Å². The summed E-state index contributed by atoms with van der Waals surface area (Å²) in [5.41, 5.74) is 1.31. The average molecular weight is 379 g/mol. The van der Waals surface area contributed by atoms with E-state index in [9.17, 15) is 14.0 Å². The van der Waals surface area contributed by atoms with Crippen molar-refractivity contribution in [1.82, 2.24) is 4.98 Å². The van der Waals surface area contributed by atoms with E-state index in [4.69, 9.17) is 4.74 Å². The molecule has 0 aliphatic rings. The molecule has 28 heavy (non-hydrogen) atoms. The Bertz CT molecular complexity index is 990. The number of hydrogen-bond acceptors (Lipinski definition) is 5. The van der Waals surface area contributed by atoms with E-state index >= 15 is 0 Å². The maximum absolute atomic E-state index is 13.7. The number of benzene rings is 2. The monoisotopic (exact) mass is 379 g/mol. The molecule has 2 aromatic carbocycles.